The van der Waals surface area contributed by atoms with Gasteiger partial charge in [-0.1, -0.05) is 60.6 Å². The number of nitrogens with one attached hydrogen (secondary N) is 1. The van der Waals surface area contributed by atoms with Crippen molar-refractivity contribution in [1.82, 2.24) is 14.8 Å². The number of aromatic nitrogens is 3. The summed E-state index contributed by atoms with van der Waals surface area (Å²) in [6.45, 7) is 2.02. The smallest absolute Gasteiger partial charge is 0.335 e. The molecule has 0 saturated heterocycles. The molecule has 180 valence electrons. The van der Waals surface area contributed by atoms with Crippen LogP contribution < -0.4 is 5.32 Å². The number of alkyl halides is 2. The summed E-state index contributed by atoms with van der Waals surface area (Å²) in [7, 11) is 0. The fourth-order valence-electron chi connectivity index (χ4n) is 3.66. The normalized spacial score (nSPS) is 11.2. The first-order valence-electron chi connectivity index (χ1n) is 10.5. The number of aryl methyl sites for hydroxylation is 1. The van der Waals surface area contributed by atoms with E-state index in [1.165, 1.54) is 22.8 Å². The zero-order chi connectivity index (χ0) is 25.1. The quantitative estimate of drug-likeness (QED) is 0.279. The molecule has 0 unspecified atom stereocenters. The number of halogens is 3. The van der Waals surface area contributed by atoms with Crippen LogP contribution in [0, 0.1) is 0 Å². The Kier molecular flexibility index (Phi) is 7.32. The van der Waals surface area contributed by atoms with E-state index in [0.29, 0.717) is 5.69 Å². The van der Waals surface area contributed by atoms with E-state index in [9.17, 15) is 18.4 Å². The molecule has 3 aromatic carbocycles. The molecule has 0 aliphatic carbocycles. The summed E-state index contributed by atoms with van der Waals surface area (Å²) >= 11 is 7.01. The highest BCUT2D eigenvalue weighted by Gasteiger charge is 2.24. The number of hydrogen-bond acceptors (Lipinski definition) is 5. The Morgan fingerprint density at radius 1 is 1.11 bits per heavy atom. The summed E-state index contributed by atoms with van der Waals surface area (Å²) in [5, 5.41) is 21.1. The van der Waals surface area contributed by atoms with E-state index in [2.05, 4.69) is 15.5 Å². The van der Waals surface area contributed by atoms with Crippen LogP contribution >= 0.6 is 23.4 Å². The van der Waals surface area contributed by atoms with Crippen LogP contribution in [0.2, 0.25) is 5.02 Å². The molecule has 0 fully saturated rings. The molecule has 0 aliphatic rings. The van der Waals surface area contributed by atoms with E-state index >= 15 is 0 Å². The molecule has 2 N–H and O–H groups in total. The van der Waals surface area contributed by atoms with Gasteiger partial charge in [0, 0.05) is 5.39 Å². The van der Waals surface area contributed by atoms with E-state index in [-0.39, 0.29) is 27.2 Å². The van der Waals surface area contributed by atoms with Crippen molar-refractivity contribution in [3.8, 4) is 5.69 Å². The molecule has 0 spiro atoms. The Labute approximate surface area is 208 Å². The molecule has 7 nitrogen and oxygen atoms in total. The molecular weight excluding hydrogens is 498 g/mol. The van der Waals surface area contributed by atoms with Crippen LogP contribution in [-0.4, -0.2) is 37.5 Å². The zero-order valence-corrected chi connectivity index (χ0v) is 19.9. The monoisotopic (exact) mass is 516 g/mol. The maximum absolute atomic E-state index is 13.8. The fourth-order valence-corrected chi connectivity index (χ4v) is 4.64. The number of amides is 1. The number of carboxylic acids is 1. The van der Waals surface area contributed by atoms with Crippen LogP contribution in [0.3, 0.4) is 0 Å². The van der Waals surface area contributed by atoms with Crippen LogP contribution in [0.5, 0.6) is 0 Å². The van der Waals surface area contributed by atoms with Gasteiger partial charge in [-0.25, -0.2) is 13.6 Å². The van der Waals surface area contributed by atoms with Crippen molar-refractivity contribution in [3.63, 3.8) is 0 Å². The second kappa shape index (κ2) is 10.4. The lowest BCUT2D eigenvalue weighted by atomic mass is 10.0. The summed E-state index contributed by atoms with van der Waals surface area (Å²) in [5.41, 5.74) is 1.79. The lowest BCUT2D eigenvalue weighted by molar-refractivity contribution is -0.113. The minimum Gasteiger partial charge on any atom is -0.478 e. The van der Waals surface area contributed by atoms with Crippen molar-refractivity contribution >= 4 is 51.7 Å². The van der Waals surface area contributed by atoms with Gasteiger partial charge >= 0.3 is 5.97 Å². The molecule has 0 aliphatic heterocycles. The Bertz CT molecular complexity index is 1430. The van der Waals surface area contributed by atoms with Crippen LogP contribution in [0.25, 0.3) is 16.5 Å². The number of rotatable bonds is 8. The molecule has 4 aromatic rings. The molecule has 0 saturated carbocycles. The first kappa shape index (κ1) is 24.6. The maximum Gasteiger partial charge on any atom is 0.335 e. The van der Waals surface area contributed by atoms with Gasteiger partial charge in [0.05, 0.1) is 27.7 Å². The molecule has 4 rings (SSSR count). The molecule has 0 atom stereocenters. The van der Waals surface area contributed by atoms with Crippen molar-refractivity contribution in [2.45, 2.75) is 24.9 Å². The predicted octanol–water partition coefficient (Wildman–Crippen LogP) is 6.00. The Hall–Kier alpha value is -3.50. The molecule has 1 amide bonds. The van der Waals surface area contributed by atoms with Crippen molar-refractivity contribution in [2.24, 2.45) is 0 Å². The number of nitrogens with zero attached hydrogens (tertiary/aromatic N) is 3. The van der Waals surface area contributed by atoms with E-state index in [0.717, 1.165) is 34.5 Å². The average Bonchev–Trinajstić information content (AvgIpc) is 3.27. The summed E-state index contributed by atoms with van der Waals surface area (Å²) in [6, 6.07) is 15.1. The average molecular weight is 517 g/mol. The highest BCUT2D eigenvalue weighted by Crippen LogP contribution is 2.33. The van der Waals surface area contributed by atoms with E-state index in [1.54, 1.807) is 6.07 Å². The minimum atomic E-state index is -2.87. The van der Waals surface area contributed by atoms with Crippen molar-refractivity contribution in [1.29, 1.82) is 0 Å². The van der Waals surface area contributed by atoms with E-state index in [4.69, 9.17) is 16.7 Å². The van der Waals surface area contributed by atoms with Gasteiger partial charge in [-0.05, 0) is 41.6 Å². The van der Waals surface area contributed by atoms with Gasteiger partial charge in [-0.15, -0.1) is 10.2 Å². The third-order valence-electron chi connectivity index (χ3n) is 5.29. The van der Waals surface area contributed by atoms with Gasteiger partial charge in [0.1, 0.15) is 0 Å². The van der Waals surface area contributed by atoms with Crippen LogP contribution in [-0.2, 0) is 11.2 Å². The van der Waals surface area contributed by atoms with Crippen LogP contribution in [0.1, 0.15) is 35.1 Å². The number of thioether (sulfide) groups is 1. The number of aromatic carboxylic acids is 1. The molecule has 0 radical (unpaired) electrons. The summed E-state index contributed by atoms with van der Waals surface area (Å²) < 4.78 is 28.9. The zero-order valence-electron chi connectivity index (χ0n) is 18.3. The van der Waals surface area contributed by atoms with Gasteiger partial charge in [0.2, 0.25) is 11.7 Å². The molecule has 11 heteroatoms. The second-order valence-corrected chi connectivity index (χ2v) is 8.81. The highest BCUT2D eigenvalue weighted by molar-refractivity contribution is 7.99. The largest absolute Gasteiger partial charge is 0.478 e. The van der Waals surface area contributed by atoms with Crippen LogP contribution in [0.4, 0.5) is 14.5 Å². The van der Waals surface area contributed by atoms with Gasteiger partial charge in [-0.2, -0.15) is 0 Å². The third kappa shape index (κ3) is 5.13. The molecule has 1 heterocycles. The van der Waals surface area contributed by atoms with Gasteiger partial charge < -0.3 is 10.4 Å². The number of carbonyl (C=O) groups excluding carboxylic acids is 1. The first-order chi connectivity index (χ1) is 16.8. The summed E-state index contributed by atoms with van der Waals surface area (Å²) in [6.07, 6.45) is -2.09. The Morgan fingerprint density at radius 2 is 1.86 bits per heavy atom. The van der Waals surface area contributed by atoms with E-state index < -0.39 is 24.1 Å². The number of hydrogen-bond donors (Lipinski definition) is 2. The minimum absolute atomic E-state index is 0.0173. The predicted molar refractivity (Wildman–Crippen MR) is 131 cm³/mol. The fraction of sp³-hybridized carbons (Fsp3) is 0.167. The first-order valence-corrected chi connectivity index (χ1v) is 11.9. The maximum atomic E-state index is 13.8. The number of fused-ring (bicyclic) bond motifs is 1. The SMILES string of the molecule is CCc1ccc(-n2c(SCC(=O)Nc3ccc(C(=O)O)cc3Cl)nnc2C(F)F)c2ccccc12. The number of benzene rings is 3. The standard InChI is InChI=1S/C24H19ClF2N4O3S/c1-2-13-8-10-19(16-6-4-3-5-15(13)16)31-22(21(26)27)29-30-24(31)35-12-20(32)28-18-9-7-14(23(33)34)11-17(18)25/h3-11,21H,2,12H2,1H3,(H,28,32)(H,33,34). The Morgan fingerprint density at radius 3 is 2.51 bits per heavy atom. The highest BCUT2D eigenvalue weighted by atomic mass is 35.5. The second-order valence-electron chi connectivity index (χ2n) is 7.46. The summed E-state index contributed by atoms with van der Waals surface area (Å²) in [4.78, 5) is 23.6. The van der Waals surface area contributed by atoms with Crippen LogP contribution in [0.15, 0.2) is 59.8 Å². The number of carbonyl (C=O) groups is 2. The van der Waals surface area contributed by atoms with Gasteiger partial charge in [-0.3, -0.25) is 9.36 Å². The molecule has 35 heavy (non-hydrogen) atoms. The third-order valence-corrected chi connectivity index (χ3v) is 6.53. The number of anilines is 1. The molecule has 1 aromatic heterocycles. The molecule has 0 bridgehead atoms. The van der Waals surface area contributed by atoms with Crippen molar-refractivity contribution < 1.29 is 23.5 Å². The molecular formula is C24H19ClF2N4O3S. The summed E-state index contributed by atoms with van der Waals surface area (Å²) in [5.74, 6) is -2.30. The Balaban J connectivity index is 1.62. The van der Waals surface area contributed by atoms with E-state index in [1.807, 2.05) is 37.3 Å². The van der Waals surface area contributed by atoms with Crippen molar-refractivity contribution in [3.05, 3.63) is 76.6 Å². The topological polar surface area (TPSA) is 97.1 Å². The van der Waals surface area contributed by atoms with Crippen molar-refractivity contribution in [2.75, 3.05) is 11.1 Å². The number of carboxylic acid groups (broad SMARTS) is 1. The lowest BCUT2D eigenvalue weighted by Gasteiger charge is -2.15. The lowest BCUT2D eigenvalue weighted by Crippen LogP contribution is -2.15. The van der Waals surface area contributed by atoms with Gasteiger partial charge in [0.25, 0.3) is 6.43 Å². The van der Waals surface area contributed by atoms with Gasteiger partial charge in [0.15, 0.2) is 5.16 Å².